The molecule has 1 N–H and O–H groups in total. The van der Waals surface area contributed by atoms with Crippen molar-refractivity contribution in [3.63, 3.8) is 0 Å². The van der Waals surface area contributed by atoms with Crippen molar-refractivity contribution >= 4 is 11.8 Å². The van der Waals surface area contributed by atoms with E-state index in [9.17, 15) is 13.2 Å². The van der Waals surface area contributed by atoms with E-state index in [1.54, 1.807) is 12.3 Å². The van der Waals surface area contributed by atoms with Gasteiger partial charge in [0.25, 0.3) is 0 Å². The highest BCUT2D eigenvalue weighted by Crippen LogP contribution is 2.29. The van der Waals surface area contributed by atoms with Crippen LogP contribution in [0.4, 0.5) is 13.2 Å². The lowest BCUT2D eigenvalue weighted by atomic mass is 10.4. The van der Waals surface area contributed by atoms with E-state index in [2.05, 4.69) is 10.4 Å². The minimum absolute atomic E-state index is 0.00811. The van der Waals surface area contributed by atoms with Crippen LogP contribution in [0.2, 0.25) is 0 Å². The van der Waals surface area contributed by atoms with Gasteiger partial charge in [-0.3, -0.25) is 4.68 Å². The number of nitrogens with one attached hydrogen (secondary N) is 1. The highest BCUT2D eigenvalue weighted by molar-refractivity contribution is 8.00. The number of aromatic nitrogens is 2. The second kappa shape index (κ2) is 6.15. The summed E-state index contributed by atoms with van der Waals surface area (Å²) in [6.45, 7) is 3.75. The van der Waals surface area contributed by atoms with E-state index in [-0.39, 0.29) is 24.1 Å². The summed E-state index contributed by atoms with van der Waals surface area (Å²) < 4.78 is 37.1. The first-order valence-electron chi connectivity index (χ1n) is 4.95. The number of nitrogens with zero attached hydrogens (tertiary/aromatic N) is 2. The van der Waals surface area contributed by atoms with Crippen LogP contribution in [-0.4, -0.2) is 27.6 Å². The fourth-order valence-corrected chi connectivity index (χ4v) is 1.64. The average Bonchev–Trinajstić information content (AvgIpc) is 2.61. The molecule has 1 heterocycles. The molecule has 0 saturated heterocycles. The third-order valence-corrected chi connectivity index (χ3v) is 2.55. The second-order valence-electron chi connectivity index (χ2n) is 3.14. The van der Waals surface area contributed by atoms with Crippen molar-refractivity contribution in [3.8, 4) is 0 Å². The van der Waals surface area contributed by atoms with Gasteiger partial charge in [-0.2, -0.15) is 18.3 Å². The molecule has 1 rings (SSSR count). The zero-order valence-electron chi connectivity index (χ0n) is 8.92. The van der Waals surface area contributed by atoms with E-state index in [4.69, 9.17) is 0 Å². The Bertz CT molecular complexity index is 311. The van der Waals surface area contributed by atoms with Crippen molar-refractivity contribution < 1.29 is 13.2 Å². The predicted octanol–water partition coefficient (Wildman–Crippen LogP) is 2.25. The summed E-state index contributed by atoms with van der Waals surface area (Å²) in [6.07, 6.45) is 1.70. The van der Waals surface area contributed by atoms with E-state index in [1.807, 2.05) is 6.92 Å². The first-order chi connectivity index (χ1) is 7.51. The smallest absolute Gasteiger partial charge is 0.311 e. The minimum atomic E-state index is -4.15. The quantitative estimate of drug-likeness (QED) is 0.843. The van der Waals surface area contributed by atoms with Crippen molar-refractivity contribution in [1.29, 1.82) is 0 Å². The Morgan fingerprint density at radius 2 is 2.25 bits per heavy atom. The third-order valence-electron chi connectivity index (χ3n) is 1.84. The van der Waals surface area contributed by atoms with Gasteiger partial charge in [-0.15, -0.1) is 0 Å². The lowest BCUT2D eigenvalue weighted by molar-refractivity contribution is -0.0328. The lowest BCUT2D eigenvalue weighted by Gasteiger charge is -2.05. The summed E-state index contributed by atoms with van der Waals surface area (Å²) in [6, 6.07) is 1.81. The number of rotatable bonds is 6. The summed E-state index contributed by atoms with van der Waals surface area (Å²) in [7, 11) is 0. The van der Waals surface area contributed by atoms with Gasteiger partial charge in [0.05, 0.1) is 12.2 Å². The summed E-state index contributed by atoms with van der Waals surface area (Å²) in [5, 5.41) is 7.24. The molecule has 0 amide bonds. The van der Waals surface area contributed by atoms with Crippen molar-refractivity contribution in [2.75, 3.05) is 12.3 Å². The van der Waals surface area contributed by atoms with Crippen molar-refractivity contribution in [2.24, 2.45) is 0 Å². The molecular weight excluding hydrogens is 239 g/mol. The molecule has 0 saturated carbocycles. The molecule has 16 heavy (non-hydrogen) atoms. The van der Waals surface area contributed by atoms with Gasteiger partial charge < -0.3 is 5.32 Å². The van der Waals surface area contributed by atoms with Crippen LogP contribution in [0, 0.1) is 0 Å². The van der Waals surface area contributed by atoms with Crippen LogP contribution >= 0.6 is 11.8 Å². The largest absolute Gasteiger partial charge is 0.441 e. The van der Waals surface area contributed by atoms with Crippen LogP contribution < -0.4 is 5.32 Å². The summed E-state index contributed by atoms with van der Waals surface area (Å²) in [4.78, 5) is 0. The predicted molar refractivity (Wildman–Crippen MR) is 58.1 cm³/mol. The summed E-state index contributed by atoms with van der Waals surface area (Å²) in [5.41, 5.74) is -3.31. The molecule has 0 bridgehead atoms. The molecule has 1 aromatic rings. The van der Waals surface area contributed by atoms with Gasteiger partial charge in [0.2, 0.25) is 0 Å². The Morgan fingerprint density at radius 3 is 2.88 bits per heavy atom. The van der Waals surface area contributed by atoms with Gasteiger partial charge in [-0.1, -0.05) is 6.92 Å². The van der Waals surface area contributed by atoms with E-state index < -0.39 is 5.51 Å². The van der Waals surface area contributed by atoms with Gasteiger partial charge >= 0.3 is 5.51 Å². The SMILES string of the molecule is CCNCc1ccn(CCSC(F)(F)F)n1. The standard InChI is InChI=1S/C9H14F3N3S/c1-2-13-7-8-3-4-15(14-8)5-6-16-9(10,11)12/h3-4,13H,2,5-7H2,1H3. The van der Waals surface area contributed by atoms with Crippen molar-refractivity contribution in [3.05, 3.63) is 18.0 Å². The normalized spacial score (nSPS) is 12.0. The molecule has 1 aromatic heterocycles. The third kappa shape index (κ3) is 5.41. The second-order valence-corrected chi connectivity index (χ2v) is 4.30. The van der Waals surface area contributed by atoms with Gasteiger partial charge in [-0.25, -0.2) is 0 Å². The Kier molecular flexibility index (Phi) is 5.14. The van der Waals surface area contributed by atoms with Crippen LogP contribution in [0.25, 0.3) is 0 Å². The van der Waals surface area contributed by atoms with Crippen molar-refractivity contribution in [2.45, 2.75) is 25.5 Å². The molecule has 0 radical (unpaired) electrons. The first kappa shape index (κ1) is 13.4. The molecule has 92 valence electrons. The van der Waals surface area contributed by atoms with E-state index in [1.165, 1.54) is 4.68 Å². The highest BCUT2D eigenvalue weighted by atomic mass is 32.2. The Hall–Kier alpha value is -0.690. The summed E-state index contributed by atoms with van der Waals surface area (Å²) >= 11 is -0.0209. The Morgan fingerprint density at radius 1 is 1.50 bits per heavy atom. The van der Waals surface area contributed by atoms with E-state index in [0.717, 1.165) is 12.2 Å². The molecule has 7 heteroatoms. The minimum Gasteiger partial charge on any atom is -0.311 e. The molecule has 0 aliphatic heterocycles. The summed E-state index contributed by atoms with van der Waals surface area (Å²) in [5.74, 6) is -0.00811. The maximum Gasteiger partial charge on any atom is 0.441 e. The number of thioether (sulfide) groups is 1. The Balaban J connectivity index is 2.29. The molecule has 0 atom stereocenters. The molecular formula is C9H14F3N3S. The van der Waals surface area contributed by atoms with Gasteiger partial charge in [-0.05, 0) is 24.4 Å². The van der Waals surface area contributed by atoms with Crippen LogP contribution in [0.5, 0.6) is 0 Å². The first-order valence-corrected chi connectivity index (χ1v) is 5.93. The molecule has 3 nitrogen and oxygen atoms in total. The van der Waals surface area contributed by atoms with E-state index >= 15 is 0 Å². The number of halogens is 3. The number of hydrogen-bond acceptors (Lipinski definition) is 3. The zero-order chi connectivity index (χ0) is 12.0. The van der Waals surface area contributed by atoms with Crippen LogP contribution in [-0.2, 0) is 13.1 Å². The van der Waals surface area contributed by atoms with E-state index in [0.29, 0.717) is 6.54 Å². The topological polar surface area (TPSA) is 29.9 Å². The van der Waals surface area contributed by atoms with Crippen molar-refractivity contribution in [1.82, 2.24) is 15.1 Å². The fraction of sp³-hybridized carbons (Fsp3) is 0.667. The molecule has 0 aromatic carbocycles. The number of hydrogen-bond donors (Lipinski definition) is 1. The molecule has 0 unspecified atom stereocenters. The highest BCUT2D eigenvalue weighted by Gasteiger charge is 2.27. The Labute approximate surface area is 96.4 Å². The van der Waals surface area contributed by atoms with Gasteiger partial charge in [0.1, 0.15) is 0 Å². The number of alkyl halides is 3. The van der Waals surface area contributed by atoms with Crippen LogP contribution in [0.3, 0.4) is 0 Å². The molecule has 0 aliphatic rings. The fourth-order valence-electron chi connectivity index (χ4n) is 1.13. The molecule has 0 spiro atoms. The monoisotopic (exact) mass is 253 g/mol. The van der Waals surface area contributed by atoms with Gasteiger partial charge in [0.15, 0.2) is 0 Å². The maximum absolute atomic E-state index is 11.9. The van der Waals surface area contributed by atoms with Crippen LogP contribution in [0.15, 0.2) is 12.3 Å². The number of aryl methyl sites for hydroxylation is 1. The lowest BCUT2D eigenvalue weighted by Crippen LogP contribution is -2.13. The van der Waals surface area contributed by atoms with Crippen LogP contribution in [0.1, 0.15) is 12.6 Å². The zero-order valence-corrected chi connectivity index (χ0v) is 9.74. The molecule has 0 aliphatic carbocycles. The average molecular weight is 253 g/mol. The maximum atomic E-state index is 11.9. The molecule has 0 fully saturated rings. The van der Waals surface area contributed by atoms with Gasteiger partial charge in [0, 0.05) is 18.5 Å².